The highest BCUT2D eigenvalue weighted by Crippen LogP contribution is 2.37. The first-order valence-corrected chi connectivity index (χ1v) is 13.5. The Morgan fingerprint density at radius 2 is 1.60 bits per heavy atom. The molecule has 40 heavy (non-hydrogen) atoms. The van der Waals surface area contributed by atoms with Crippen molar-refractivity contribution in [2.24, 2.45) is 0 Å². The predicted molar refractivity (Wildman–Crippen MR) is 150 cm³/mol. The first-order valence-electron chi connectivity index (χ1n) is 13.5. The number of hydrogen-bond donors (Lipinski definition) is 1. The fraction of sp³-hybridized carbons (Fsp3) is 0.312. The Kier molecular flexibility index (Phi) is 8.19. The maximum absolute atomic E-state index is 13.5. The second kappa shape index (κ2) is 11.8. The van der Waals surface area contributed by atoms with Crippen molar-refractivity contribution in [2.75, 3.05) is 18.1 Å². The van der Waals surface area contributed by atoms with Crippen molar-refractivity contribution in [3.63, 3.8) is 0 Å². The van der Waals surface area contributed by atoms with Crippen molar-refractivity contribution in [1.82, 2.24) is 15.3 Å². The smallest absolute Gasteiger partial charge is 0.372 e. The minimum atomic E-state index is -4.40. The number of anilines is 2. The highest BCUT2D eigenvalue weighted by Gasteiger charge is 2.40. The second-order valence-electron chi connectivity index (χ2n) is 10.4. The van der Waals surface area contributed by atoms with E-state index < -0.39 is 23.4 Å². The van der Waals surface area contributed by atoms with Crippen molar-refractivity contribution in [1.29, 1.82) is 0 Å². The number of hydrogen-bond acceptors (Lipinski definition) is 5. The van der Waals surface area contributed by atoms with Gasteiger partial charge < -0.3 is 15.0 Å². The topological polar surface area (TPSA) is 50.3 Å². The molecular weight excluding hydrogens is 513 g/mol. The van der Waals surface area contributed by atoms with Gasteiger partial charge in [-0.1, -0.05) is 54.1 Å². The molecule has 5 nitrogen and oxygen atoms in total. The van der Waals surface area contributed by atoms with Crippen LogP contribution in [0.25, 0.3) is 0 Å². The Hall–Kier alpha value is -3.75. The molecule has 0 amide bonds. The molecule has 2 unspecified atom stereocenters. The average Bonchev–Trinajstić information content (AvgIpc) is 2.98. The van der Waals surface area contributed by atoms with Crippen LogP contribution in [0.1, 0.15) is 48.1 Å². The molecule has 1 fully saturated rings. The lowest BCUT2D eigenvalue weighted by molar-refractivity contribution is -0.137. The van der Waals surface area contributed by atoms with Gasteiger partial charge in [0.25, 0.3) is 0 Å². The fourth-order valence-electron chi connectivity index (χ4n) is 5.41. The normalized spacial score (nSPS) is 20.2. The summed E-state index contributed by atoms with van der Waals surface area (Å²) >= 11 is 0. The number of nitrogens with zero attached hydrogens (tertiary/aromatic N) is 3. The van der Waals surface area contributed by atoms with Crippen LogP contribution in [0, 0.1) is 6.92 Å². The van der Waals surface area contributed by atoms with Crippen molar-refractivity contribution in [3.8, 4) is 0 Å². The SMILES string of the molecule is Cc1cc(C(C)OC[C@@]2(c3ccccc3)CCC(N(c3ccccn3)c3ccccn3)CN2)cc(C(F)(F)F)c1. The fourth-order valence-corrected chi connectivity index (χ4v) is 5.41. The van der Waals surface area contributed by atoms with Crippen molar-refractivity contribution >= 4 is 11.6 Å². The zero-order chi connectivity index (χ0) is 28.2. The van der Waals surface area contributed by atoms with Crippen LogP contribution in [0.4, 0.5) is 24.8 Å². The van der Waals surface area contributed by atoms with Gasteiger partial charge in [0.05, 0.1) is 23.8 Å². The molecule has 2 aromatic carbocycles. The van der Waals surface area contributed by atoms with Gasteiger partial charge in [0.15, 0.2) is 0 Å². The number of aromatic nitrogens is 2. The summed E-state index contributed by atoms with van der Waals surface area (Å²) in [5, 5.41) is 3.77. The van der Waals surface area contributed by atoms with E-state index in [1.807, 2.05) is 61.5 Å². The minimum Gasteiger partial charge on any atom is -0.372 e. The first kappa shape index (κ1) is 27.8. The minimum absolute atomic E-state index is 0.0881. The van der Waals surface area contributed by atoms with Gasteiger partial charge in [-0.3, -0.25) is 0 Å². The average molecular weight is 547 g/mol. The lowest BCUT2D eigenvalue weighted by Gasteiger charge is -2.45. The van der Waals surface area contributed by atoms with E-state index in [4.69, 9.17) is 4.74 Å². The number of piperidine rings is 1. The highest BCUT2D eigenvalue weighted by atomic mass is 19.4. The standard InChI is InChI=1S/C32H33F3N4O/c1-23-18-25(20-27(19-23)32(33,34)35)24(2)40-22-31(26-10-4-3-5-11-26)15-14-28(21-38-31)39(29-12-6-8-16-36-29)30-13-7-9-17-37-30/h3-13,16-20,24,28,38H,14-15,21-22H2,1-2H3/t24?,28?,31-/m1/s1. The number of nitrogens with one attached hydrogen (secondary N) is 1. The molecule has 0 saturated carbocycles. The largest absolute Gasteiger partial charge is 0.416 e. The van der Waals surface area contributed by atoms with Gasteiger partial charge in [-0.15, -0.1) is 0 Å². The van der Waals surface area contributed by atoms with E-state index in [2.05, 4.69) is 32.3 Å². The Morgan fingerprint density at radius 1 is 0.950 bits per heavy atom. The van der Waals surface area contributed by atoms with Gasteiger partial charge in [-0.25, -0.2) is 9.97 Å². The monoisotopic (exact) mass is 546 g/mol. The van der Waals surface area contributed by atoms with Gasteiger partial charge in [0, 0.05) is 25.0 Å². The van der Waals surface area contributed by atoms with Gasteiger partial charge in [-0.2, -0.15) is 13.2 Å². The molecule has 2 aromatic heterocycles. The Labute approximate surface area is 233 Å². The zero-order valence-corrected chi connectivity index (χ0v) is 22.6. The summed E-state index contributed by atoms with van der Waals surface area (Å²) in [6.07, 6.45) is 0.223. The van der Waals surface area contributed by atoms with Crippen LogP contribution in [0.5, 0.6) is 0 Å². The molecule has 1 saturated heterocycles. The Balaban J connectivity index is 1.38. The van der Waals surface area contributed by atoms with Crippen LogP contribution in [0.15, 0.2) is 97.3 Å². The molecule has 5 rings (SSSR count). The van der Waals surface area contributed by atoms with Gasteiger partial charge in [0.1, 0.15) is 11.6 Å². The molecule has 0 radical (unpaired) electrons. The molecule has 1 aliphatic heterocycles. The van der Waals surface area contributed by atoms with Gasteiger partial charge in [0.2, 0.25) is 0 Å². The summed E-state index contributed by atoms with van der Waals surface area (Å²) in [4.78, 5) is 11.4. The van der Waals surface area contributed by atoms with Crippen molar-refractivity contribution < 1.29 is 17.9 Å². The summed E-state index contributed by atoms with van der Waals surface area (Å²) in [7, 11) is 0. The number of alkyl halides is 3. The van der Waals surface area contributed by atoms with Crippen LogP contribution in [-0.2, 0) is 16.5 Å². The maximum Gasteiger partial charge on any atom is 0.416 e. The number of ether oxygens (including phenoxy) is 1. The molecule has 0 aliphatic carbocycles. The summed E-state index contributed by atoms with van der Waals surface area (Å²) in [5.74, 6) is 1.65. The molecule has 0 spiro atoms. The van der Waals surface area contributed by atoms with Crippen molar-refractivity contribution in [2.45, 2.75) is 50.6 Å². The molecule has 8 heteroatoms. The molecule has 1 N–H and O–H groups in total. The van der Waals surface area contributed by atoms with E-state index in [-0.39, 0.29) is 6.04 Å². The number of benzene rings is 2. The van der Waals surface area contributed by atoms with E-state index in [1.165, 1.54) is 12.1 Å². The van der Waals surface area contributed by atoms with Crippen LogP contribution in [0.2, 0.25) is 0 Å². The van der Waals surface area contributed by atoms with E-state index in [9.17, 15) is 13.2 Å². The van der Waals surface area contributed by atoms with Gasteiger partial charge in [-0.05, 0) is 74.2 Å². The number of halogens is 3. The molecule has 3 atom stereocenters. The summed E-state index contributed by atoms with van der Waals surface area (Å²) in [6.45, 7) is 4.44. The summed E-state index contributed by atoms with van der Waals surface area (Å²) in [6, 6.07) is 26.0. The Bertz CT molecular complexity index is 1340. The lowest BCUT2D eigenvalue weighted by atomic mass is 9.81. The van der Waals surface area contributed by atoms with Crippen LogP contribution >= 0.6 is 0 Å². The third-order valence-electron chi connectivity index (χ3n) is 7.54. The van der Waals surface area contributed by atoms with E-state index in [0.717, 1.165) is 30.0 Å². The van der Waals surface area contributed by atoms with Crippen LogP contribution < -0.4 is 10.2 Å². The quantitative estimate of drug-likeness (QED) is 0.250. The zero-order valence-electron chi connectivity index (χ0n) is 22.6. The van der Waals surface area contributed by atoms with Gasteiger partial charge >= 0.3 is 6.18 Å². The van der Waals surface area contributed by atoms with E-state index >= 15 is 0 Å². The maximum atomic E-state index is 13.5. The summed E-state index contributed by atoms with van der Waals surface area (Å²) < 4.78 is 46.7. The summed E-state index contributed by atoms with van der Waals surface area (Å²) in [5.41, 5.74) is 1.01. The molecule has 3 heterocycles. The molecular formula is C32H33F3N4O. The van der Waals surface area contributed by atoms with Crippen LogP contribution in [0.3, 0.4) is 0 Å². The molecule has 1 aliphatic rings. The second-order valence-corrected chi connectivity index (χ2v) is 10.4. The number of aryl methyl sites for hydroxylation is 1. The predicted octanol–water partition coefficient (Wildman–Crippen LogP) is 7.37. The highest BCUT2D eigenvalue weighted by molar-refractivity contribution is 5.57. The molecule has 0 bridgehead atoms. The number of rotatable bonds is 8. The lowest BCUT2D eigenvalue weighted by Crippen LogP contribution is -2.56. The van der Waals surface area contributed by atoms with E-state index in [1.54, 1.807) is 25.4 Å². The molecule has 4 aromatic rings. The molecule has 208 valence electrons. The third-order valence-corrected chi connectivity index (χ3v) is 7.54. The van der Waals surface area contributed by atoms with Crippen LogP contribution in [-0.4, -0.2) is 29.2 Å². The first-order chi connectivity index (χ1) is 19.2. The Morgan fingerprint density at radius 3 is 2.15 bits per heavy atom. The van der Waals surface area contributed by atoms with Crippen molar-refractivity contribution in [3.05, 3.63) is 120 Å². The number of pyridine rings is 2. The van der Waals surface area contributed by atoms with E-state index in [0.29, 0.717) is 24.3 Å². The third kappa shape index (κ3) is 6.18.